The van der Waals surface area contributed by atoms with E-state index in [1.807, 2.05) is 18.3 Å². The fourth-order valence-corrected chi connectivity index (χ4v) is 4.19. The number of piperazine rings is 1. The summed E-state index contributed by atoms with van der Waals surface area (Å²) in [6, 6.07) is 11.0. The molecule has 1 aliphatic rings. The summed E-state index contributed by atoms with van der Waals surface area (Å²) in [6.45, 7) is 6.92. The van der Waals surface area contributed by atoms with E-state index in [2.05, 4.69) is 61.9 Å². The van der Waals surface area contributed by atoms with Gasteiger partial charge in [0.2, 0.25) is 0 Å². The Labute approximate surface area is 144 Å². The van der Waals surface area contributed by atoms with Crippen LogP contribution in [0, 0.1) is 0 Å². The predicted octanol–water partition coefficient (Wildman–Crippen LogP) is 3.90. The van der Waals surface area contributed by atoms with Gasteiger partial charge in [0.1, 0.15) is 5.75 Å². The van der Waals surface area contributed by atoms with Crippen LogP contribution in [0.3, 0.4) is 0 Å². The summed E-state index contributed by atoms with van der Waals surface area (Å²) >= 11 is 5.44. The summed E-state index contributed by atoms with van der Waals surface area (Å²) in [6.07, 6.45) is 0. The van der Waals surface area contributed by atoms with Gasteiger partial charge in [-0.05, 0) is 36.6 Å². The van der Waals surface area contributed by atoms with Crippen LogP contribution in [0.5, 0.6) is 5.75 Å². The molecule has 22 heavy (non-hydrogen) atoms. The van der Waals surface area contributed by atoms with E-state index in [9.17, 15) is 0 Å². The molecule has 0 amide bonds. The lowest BCUT2D eigenvalue weighted by Crippen LogP contribution is -2.45. The van der Waals surface area contributed by atoms with Crippen molar-refractivity contribution in [3.8, 4) is 5.75 Å². The molecule has 0 aliphatic carbocycles. The van der Waals surface area contributed by atoms with Crippen molar-refractivity contribution >= 4 is 27.3 Å². The van der Waals surface area contributed by atoms with Crippen molar-refractivity contribution in [3.63, 3.8) is 0 Å². The zero-order valence-electron chi connectivity index (χ0n) is 12.7. The maximum atomic E-state index is 5.90. The first-order valence-electron chi connectivity index (χ1n) is 7.70. The van der Waals surface area contributed by atoms with Crippen LogP contribution in [-0.2, 0) is 0 Å². The number of thiophene rings is 1. The lowest BCUT2D eigenvalue weighted by atomic mass is 10.0. The van der Waals surface area contributed by atoms with Gasteiger partial charge >= 0.3 is 0 Å². The molecule has 1 fully saturated rings. The summed E-state index contributed by atoms with van der Waals surface area (Å²) < 4.78 is 7.00. The lowest BCUT2D eigenvalue weighted by Gasteiger charge is -2.35. The maximum Gasteiger partial charge on any atom is 0.124 e. The summed E-state index contributed by atoms with van der Waals surface area (Å²) in [5, 5.41) is 5.59. The van der Waals surface area contributed by atoms with Gasteiger partial charge in [-0.3, -0.25) is 4.90 Å². The molecule has 1 aromatic carbocycles. The Bertz CT molecular complexity index is 597. The number of nitrogens with one attached hydrogen (secondary N) is 1. The first-order valence-corrected chi connectivity index (χ1v) is 9.37. The van der Waals surface area contributed by atoms with Gasteiger partial charge in [-0.15, -0.1) is 11.3 Å². The third-order valence-corrected chi connectivity index (χ3v) is 5.31. The van der Waals surface area contributed by atoms with Crippen molar-refractivity contribution in [1.82, 2.24) is 10.2 Å². The molecule has 3 nitrogen and oxygen atoms in total. The molecule has 0 unspecified atom stereocenters. The second kappa shape index (κ2) is 7.59. The van der Waals surface area contributed by atoms with Gasteiger partial charge in [-0.2, -0.15) is 0 Å². The molecule has 2 heterocycles. The molecule has 118 valence electrons. The second-order valence-corrected chi connectivity index (χ2v) is 7.21. The smallest absolute Gasteiger partial charge is 0.124 e. The van der Waals surface area contributed by atoms with Crippen molar-refractivity contribution < 1.29 is 4.74 Å². The van der Waals surface area contributed by atoms with Gasteiger partial charge in [0.25, 0.3) is 0 Å². The van der Waals surface area contributed by atoms with Crippen LogP contribution in [0.2, 0.25) is 0 Å². The normalized spacial score (nSPS) is 17.4. The molecule has 1 N–H and O–H groups in total. The van der Waals surface area contributed by atoms with Gasteiger partial charge in [0.05, 0.1) is 12.6 Å². The van der Waals surface area contributed by atoms with Crippen LogP contribution >= 0.6 is 27.3 Å². The Kier molecular flexibility index (Phi) is 5.52. The largest absolute Gasteiger partial charge is 0.494 e. The van der Waals surface area contributed by atoms with Crippen LogP contribution in [0.25, 0.3) is 0 Å². The zero-order valence-corrected chi connectivity index (χ0v) is 15.1. The molecule has 0 saturated carbocycles. The first-order chi connectivity index (χ1) is 10.8. The molecular formula is C17H21BrN2OS. The van der Waals surface area contributed by atoms with Crippen molar-refractivity contribution in [3.05, 3.63) is 50.6 Å². The quantitative estimate of drug-likeness (QED) is 0.850. The fourth-order valence-electron chi connectivity index (χ4n) is 2.94. The number of hydrogen-bond donors (Lipinski definition) is 1. The van der Waals surface area contributed by atoms with Crippen LogP contribution < -0.4 is 10.1 Å². The van der Waals surface area contributed by atoms with Gasteiger partial charge < -0.3 is 10.1 Å². The van der Waals surface area contributed by atoms with Gasteiger partial charge in [0, 0.05) is 41.1 Å². The van der Waals surface area contributed by atoms with Crippen molar-refractivity contribution in [2.24, 2.45) is 0 Å². The van der Waals surface area contributed by atoms with Crippen LogP contribution in [-0.4, -0.2) is 37.7 Å². The monoisotopic (exact) mass is 380 g/mol. The maximum absolute atomic E-state index is 5.90. The average molecular weight is 381 g/mol. The molecule has 5 heteroatoms. The van der Waals surface area contributed by atoms with E-state index in [1.54, 1.807) is 0 Å². The Morgan fingerprint density at radius 3 is 2.82 bits per heavy atom. The third kappa shape index (κ3) is 3.54. The van der Waals surface area contributed by atoms with Gasteiger partial charge in [-0.25, -0.2) is 0 Å². The number of rotatable bonds is 5. The number of nitrogens with zero attached hydrogens (tertiary/aromatic N) is 1. The van der Waals surface area contributed by atoms with E-state index in [1.165, 1.54) is 10.4 Å². The third-order valence-electron chi connectivity index (χ3n) is 3.90. The second-order valence-electron chi connectivity index (χ2n) is 5.32. The highest BCUT2D eigenvalue weighted by atomic mass is 79.9. The Morgan fingerprint density at radius 2 is 2.14 bits per heavy atom. The van der Waals surface area contributed by atoms with Crippen LogP contribution in [0.1, 0.15) is 23.4 Å². The molecular weight excluding hydrogens is 360 g/mol. The van der Waals surface area contributed by atoms with Crippen LogP contribution in [0.4, 0.5) is 0 Å². The van der Waals surface area contributed by atoms with Crippen molar-refractivity contribution in [2.45, 2.75) is 13.0 Å². The number of halogens is 1. The minimum absolute atomic E-state index is 0.265. The summed E-state index contributed by atoms with van der Waals surface area (Å²) in [5.74, 6) is 0.989. The fraction of sp³-hybridized carbons (Fsp3) is 0.412. The Morgan fingerprint density at radius 1 is 1.32 bits per heavy atom. The van der Waals surface area contributed by atoms with E-state index < -0.39 is 0 Å². The van der Waals surface area contributed by atoms with E-state index in [-0.39, 0.29) is 6.04 Å². The average Bonchev–Trinajstić information content (AvgIpc) is 3.05. The number of benzene rings is 1. The Hall–Kier alpha value is -0.880. The number of ether oxygens (including phenoxy) is 1. The molecule has 1 aliphatic heterocycles. The highest BCUT2D eigenvalue weighted by molar-refractivity contribution is 9.10. The molecule has 1 atom stereocenters. The van der Waals surface area contributed by atoms with E-state index in [4.69, 9.17) is 4.74 Å². The molecule has 3 rings (SSSR count). The summed E-state index contributed by atoms with van der Waals surface area (Å²) in [7, 11) is 0. The first kappa shape index (κ1) is 16.0. The van der Waals surface area contributed by atoms with E-state index >= 15 is 0 Å². The Balaban J connectivity index is 2.03. The molecule has 1 saturated heterocycles. The molecule has 1 aromatic heterocycles. The van der Waals surface area contributed by atoms with Gasteiger partial charge in [0.15, 0.2) is 0 Å². The zero-order chi connectivity index (χ0) is 15.4. The van der Waals surface area contributed by atoms with Crippen molar-refractivity contribution in [1.29, 1.82) is 0 Å². The highest BCUT2D eigenvalue weighted by Gasteiger charge is 2.27. The van der Waals surface area contributed by atoms with Gasteiger partial charge in [-0.1, -0.05) is 22.0 Å². The standard InChI is InChI=1S/C17H21BrN2OS/c1-2-21-15-6-5-13(18)12-14(15)17(16-4-3-11-22-16)20-9-7-19-8-10-20/h3-6,11-12,17,19H,2,7-10H2,1H3/t17-/m0/s1. The highest BCUT2D eigenvalue weighted by Crippen LogP contribution is 2.38. The topological polar surface area (TPSA) is 24.5 Å². The van der Waals surface area contributed by atoms with Crippen molar-refractivity contribution in [2.75, 3.05) is 32.8 Å². The summed E-state index contributed by atoms with van der Waals surface area (Å²) in [5.41, 5.74) is 1.25. The van der Waals surface area contributed by atoms with E-state index in [0.717, 1.165) is 36.4 Å². The van der Waals surface area contributed by atoms with Crippen LogP contribution in [0.15, 0.2) is 40.2 Å². The lowest BCUT2D eigenvalue weighted by molar-refractivity contribution is 0.196. The molecule has 0 radical (unpaired) electrons. The molecule has 0 bridgehead atoms. The molecule has 0 spiro atoms. The minimum atomic E-state index is 0.265. The number of hydrogen-bond acceptors (Lipinski definition) is 4. The SMILES string of the molecule is CCOc1ccc(Br)cc1[C@@H](c1cccs1)N1CCNCC1. The van der Waals surface area contributed by atoms with E-state index in [0.29, 0.717) is 6.61 Å². The predicted molar refractivity (Wildman–Crippen MR) is 95.9 cm³/mol. The molecule has 2 aromatic rings. The minimum Gasteiger partial charge on any atom is -0.494 e. The summed E-state index contributed by atoms with van der Waals surface area (Å²) in [4.78, 5) is 3.92.